The predicted molar refractivity (Wildman–Crippen MR) is 78.0 cm³/mol. The van der Waals surface area contributed by atoms with Crippen molar-refractivity contribution in [3.63, 3.8) is 0 Å². The quantitative estimate of drug-likeness (QED) is 0.810. The van der Waals surface area contributed by atoms with Gasteiger partial charge < -0.3 is 9.47 Å². The summed E-state index contributed by atoms with van der Waals surface area (Å²) in [4.78, 5) is 22.8. The highest BCUT2D eigenvalue weighted by molar-refractivity contribution is 5.95. The smallest absolute Gasteiger partial charge is 0.338 e. The molecular formula is C17H16O4. The molecule has 1 fully saturated rings. The molecule has 4 heteroatoms. The van der Waals surface area contributed by atoms with Crippen LogP contribution in [-0.2, 0) is 14.3 Å². The van der Waals surface area contributed by atoms with Gasteiger partial charge in [-0.25, -0.2) is 4.79 Å². The molecule has 0 saturated carbocycles. The molecule has 0 aromatic heterocycles. The van der Waals surface area contributed by atoms with Crippen LogP contribution >= 0.6 is 0 Å². The highest BCUT2D eigenvalue weighted by Crippen LogP contribution is 2.30. The number of benzene rings is 2. The van der Waals surface area contributed by atoms with Crippen molar-refractivity contribution < 1.29 is 19.1 Å². The summed E-state index contributed by atoms with van der Waals surface area (Å²) in [7, 11) is 0. The Bertz CT molecular complexity index is 697. The summed E-state index contributed by atoms with van der Waals surface area (Å²) in [5, 5.41) is 2.09. The van der Waals surface area contributed by atoms with E-state index < -0.39 is 5.60 Å². The van der Waals surface area contributed by atoms with Gasteiger partial charge in [-0.3, -0.25) is 4.79 Å². The van der Waals surface area contributed by atoms with Gasteiger partial charge in [0, 0.05) is 6.42 Å². The molecule has 1 heterocycles. The number of ether oxygens (including phenoxy) is 2. The zero-order valence-electron chi connectivity index (χ0n) is 11.8. The van der Waals surface area contributed by atoms with E-state index in [1.165, 1.54) is 0 Å². The van der Waals surface area contributed by atoms with Crippen LogP contribution in [0.3, 0.4) is 0 Å². The molecule has 1 atom stereocenters. The Morgan fingerprint density at radius 1 is 1.24 bits per heavy atom. The summed E-state index contributed by atoms with van der Waals surface area (Å²) in [5.41, 5.74) is 0.0604. The summed E-state index contributed by atoms with van der Waals surface area (Å²) in [5.74, 6) is -0.548. The normalized spacial score (nSPS) is 20.7. The molecule has 21 heavy (non-hydrogen) atoms. The van der Waals surface area contributed by atoms with Crippen molar-refractivity contribution in [2.45, 2.75) is 25.4 Å². The maximum atomic E-state index is 12.0. The molecule has 0 radical (unpaired) electrons. The molecule has 3 rings (SSSR count). The zero-order valence-corrected chi connectivity index (χ0v) is 11.8. The van der Waals surface area contributed by atoms with E-state index in [2.05, 4.69) is 0 Å². The van der Waals surface area contributed by atoms with E-state index in [0.717, 1.165) is 10.8 Å². The predicted octanol–water partition coefficient (Wildman–Crippen LogP) is 3.09. The lowest BCUT2D eigenvalue weighted by atomic mass is 9.93. The number of hydrogen-bond donors (Lipinski definition) is 0. The van der Waals surface area contributed by atoms with Crippen molar-refractivity contribution in [2.75, 3.05) is 6.61 Å². The molecule has 108 valence electrons. The van der Waals surface area contributed by atoms with Crippen LogP contribution < -0.4 is 0 Å². The Kier molecular flexibility index (Phi) is 3.37. The van der Waals surface area contributed by atoms with Crippen molar-refractivity contribution in [3.05, 3.63) is 48.0 Å². The SMILES string of the molecule is CC1(CCOC(=O)c2ccc3ccccc3c2)CC(=O)O1. The first kappa shape index (κ1) is 13.6. The van der Waals surface area contributed by atoms with E-state index >= 15 is 0 Å². The van der Waals surface area contributed by atoms with Gasteiger partial charge in [0.15, 0.2) is 0 Å². The summed E-state index contributed by atoms with van der Waals surface area (Å²) < 4.78 is 10.3. The van der Waals surface area contributed by atoms with Crippen molar-refractivity contribution in [1.82, 2.24) is 0 Å². The van der Waals surface area contributed by atoms with E-state index in [1.807, 2.05) is 43.3 Å². The van der Waals surface area contributed by atoms with Crippen LogP contribution in [0.4, 0.5) is 0 Å². The molecule has 1 aliphatic heterocycles. The maximum Gasteiger partial charge on any atom is 0.338 e. The molecule has 0 spiro atoms. The van der Waals surface area contributed by atoms with Gasteiger partial charge in [0.1, 0.15) is 5.60 Å². The van der Waals surface area contributed by atoms with E-state index in [1.54, 1.807) is 6.07 Å². The summed E-state index contributed by atoms with van der Waals surface area (Å²) in [6.45, 7) is 2.09. The van der Waals surface area contributed by atoms with Crippen molar-refractivity contribution in [1.29, 1.82) is 0 Å². The fraction of sp³-hybridized carbons (Fsp3) is 0.294. The third-order valence-corrected chi connectivity index (χ3v) is 3.73. The van der Waals surface area contributed by atoms with Crippen LogP contribution in [0.2, 0.25) is 0 Å². The fourth-order valence-electron chi connectivity index (χ4n) is 2.47. The average Bonchev–Trinajstić information content (AvgIpc) is 2.45. The third kappa shape index (κ3) is 2.89. The third-order valence-electron chi connectivity index (χ3n) is 3.73. The summed E-state index contributed by atoms with van der Waals surface area (Å²) in [6.07, 6.45) is 0.915. The average molecular weight is 284 g/mol. The minimum absolute atomic E-state index is 0.196. The second-order valence-electron chi connectivity index (χ2n) is 5.55. The van der Waals surface area contributed by atoms with Gasteiger partial charge in [0.2, 0.25) is 0 Å². The Morgan fingerprint density at radius 2 is 1.95 bits per heavy atom. The van der Waals surface area contributed by atoms with Crippen LogP contribution in [0.1, 0.15) is 30.1 Å². The van der Waals surface area contributed by atoms with E-state index in [-0.39, 0.29) is 18.5 Å². The Morgan fingerprint density at radius 3 is 2.67 bits per heavy atom. The van der Waals surface area contributed by atoms with Crippen molar-refractivity contribution in [3.8, 4) is 0 Å². The number of cyclic esters (lactones) is 1. The van der Waals surface area contributed by atoms with Crippen LogP contribution in [0.15, 0.2) is 42.5 Å². The monoisotopic (exact) mass is 284 g/mol. The molecule has 1 saturated heterocycles. The number of carbonyl (C=O) groups excluding carboxylic acids is 2. The Balaban J connectivity index is 1.60. The van der Waals surface area contributed by atoms with Crippen LogP contribution in [0.25, 0.3) is 10.8 Å². The van der Waals surface area contributed by atoms with Crippen LogP contribution in [0, 0.1) is 0 Å². The summed E-state index contributed by atoms with van der Waals surface area (Å²) in [6, 6.07) is 13.3. The van der Waals surface area contributed by atoms with Crippen LogP contribution in [0.5, 0.6) is 0 Å². The minimum Gasteiger partial charge on any atom is -0.462 e. The molecule has 0 aliphatic carbocycles. The molecule has 0 N–H and O–H groups in total. The Hall–Kier alpha value is -2.36. The lowest BCUT2D eigenvalue weighted by molar-refractivity contribution is -0.190. The molecule has 2 aromatic carbocycles. The minimum atomic E-state index is -0.471. The lowest BCUT2D eigenvalue weighted by Gasteiger charge is -2.36. The van der Waals surface area contributed by atoms with E-state index in [0.29, 0.717) is 18.4 Å². The second kappa shape index (κ2) is 5.20. The number of fused-ring (bicyclic) bond motifs is 1. The number of esters is 2. The van der Waals surface area contributed by atoms with Gasteiger partial charge >= 0.3 is 11.9 Å². The van der Waals surface area contributed by atoms with Crippen molar-refractivity contribution >= 4 is 22.7 Å². The number of rotatable bonds is 4. The fourth-order valence-corrected chi connectivity index (χ4v) is 2.47. The maximum absolute atomic E-state index is 12.0. The largest absolute Gasteiger partial charge is 0.462 e. The Labute approximate surface area is 122 Å². The molecule has 1 aliphatic rings. The van der Waals surface area contributed by atoms with Gasteiger partial charge in [0.25, 0.3) is 0 Å². The zero-order chi connectivity index (χ0) is 14.9. The molecule has 0 amide bonds. The van der Waals surface area contributed by atoms with Gasteiger partial charge in [-0.15, -0.1) is 0 Å². The van der Waals surface area contributed by atoms with Crippen LogP contribution in [-0.4, -0.2) is 24.1 Å². The first-order valence-electron chi connectivity index (χ1n) is 6.94. The van der Waals surface area contributed by atoms with E-state index in [9.17, 15) is 9.59 Å². The van der Waals surface area contributed by atoms with Gasteiger partial charge in [0.05, 0.1) is 18.6 Å². The molecular weight excluding hydrogens is 268 g/mol. The highest BCUT2D eigenvalue weighted by Gasteiger charge is 2.41. The van der Waals surface area contributed by atoms with Gasteiger partial charge in [-0.1, -0.05) is 30.3 Å². The first-order chi connectivity index (χ1) is 10.1. The molecule has 4 nitrogen and oxygen atoms in total. The topological polar surface area (TPSA) is 52.6 Å². The first-order valence-corrected chi connectivity index (χ1v) is 6.94. The number of hydrogen-bond acceptors (Lipinski definition) is 4. The highest BCUT2D eigenvalue weighted by atomic mass is 16.6. The standard InChI is InChI=1S/C17H16O4/c1-17(11-15(18)21-17)8-9-20-16(19)14-7-6-12-4-2-3-5-13(12)10-14/h2-7,10H,8-9,11H2,1H3. The number of carbonyl (C=O) groups is 2. The molecule has 1 unspecified atom stereocenters. The van der Waals surface area contributed by atoms with Gasteiger partial charge in [-0.05, 0) is 29.8 Å². The molecule has 0 bridgehead atoms. The van der Waals surface area contributed by atoms with Gasteiger partial charge in [-0.2, -0.15) is 0 Å². The molecule has 2 aromatic rings. The lowest BCUT2D eigenvalue weighted by Crippen LogP contribution is -2.45. The second-order valence-corrected chi connectivity index (χ2v) is 5.55. The summed E-state index contributed by atoms with van der Waals surface area (Å²) >= 11 is 0. The van der Waals surface area contributed by atoms with Crippen molar-refractivity contribution in [2.24, 2.45) is 0 Å². The van der Waals surface area contributed by atoms with E-state index in [4.69, 9.17) is 9.47 Å².